The fraction of sp³-hybridized carbons (Fsp3) is 0.182. The summed E-state index contributed by atoms with van der Waals surface area (Å²) in [4.78, 5) is 11.2. The van der Waals surface area contributed by atoms with Gasteiger partial charge in [0, 0.05) is 12.6 Å². The van der Waals surface area contributed by atoms with E-state index in [0.29, 0.717) is 11.1 Å². The van der Waals surface area contributed by atoms with E-state index in [1.807, 2.05) is 0 Å². The number of rotatable bonds is 2. The molecule has 0 aliphatic heterocycles. The average molecular weight is 242 g/mol. The van der Waals surface area contributed by atoms with Gasteiger partial charge in [-0.05, 0) is 30.7 Å². The van der Waals surface area contributed by atoms with Crippen LogP contribution in [0.4, 0.5) is 0 Å². The molecule has 1 amide bonds. The number of benzene rings is 1. The minimum atomic E-state index is -0.389. The van der Waals surface area contributed by atoms with Crippen molar-refractivity contribution in [2.45, 2.75) is 6.92 Å². The van der Waals surface area contributed by atoms with Crippen molar-refractivity contribution in [2.75, 3.05) is 7.05 Å². The van der Waals surface area contributed by atoms with E-state index in [2.05, 4.69) is 5.32 Å². The first kappa shape index (κ1) is 12.4. The van der Waals surface area contributed by atoms with Gasteiger partial charge in [-0.3, -0.25) is 4.79 Å². The maximum atomic E-state index is 11.2. The van der Waals surface area contributed by atoms with Crippen LogP contribution in [0.15, 0.2) is 17.7 Å². The Morgan fingerprint density at radius 3 is 2.62 bits per heavy atom. The van der Waals surface area contributed by atoms with Crippen molar-refractivity contribution in [3.63, 3.8) is 0 Å². The molecule has 0 spiro atoms. The Morgan fingerprint density at radius 2 is 2.06 bits per heavy atom. The summed E-state index contributed by atoms with van der Waals surface area (Å²) in [6, 6.07) is 2.83. The van der Waals surface area contributed by atoms with Crippen LogP contribution in [0.2, 0.25) is 5.02 Å². The van der Waals surface area contributed by atoms with Crippen molar-refractivity contribution >= 4 is 23.6 Å². The minimum Gasteiger partial charge on any atom is -0.504 e. The second-order valence-electron chi connectivity index (χ2n) is 3.24. The molecule has 3 N–H and O–H groups in total. The molecule has 0 heterocycles. The number of hydrogen-bond donors (Lipinski definition) is 3. The smallest absolute Gasteiger partial charge is 0.246 e. The summed E-state index contributed by atoms with van der Waals surface area (Å²) in [5.41, 5.74) is 0.924. The van der Waals surface area contributed by atoms with E-state index in [4.69, 9.17) is 11.6 Å². The number of carbonyl (C=O) groups excluding carboxylic acids is 1. The summed E-state index contributed by atoms with van der Waals surface area (Å²) in [5, 5.41) is 21.0. The normalized spacial score (nSPS) is 11.3. The molecule has 16 heavy (non-hydrogen) atoms. The molecule has 0 bridgehead atoms. The third kappa shape index (κ3) is 2.46. The molecule has 0 radical (unpaired) electrons. The summed E-state index contributed by atoms with van der Waals surface area (Å²) in [5.74, 6) is -0.913. The molecule has 5 heteroatoms. The molecule has 0 aromatic heterocycles. The van der Waals surface area contributed by atoms with Crippen molar-refractivity contribution in [1.82, 2.24) is 5.32 Å². The molecule has 1 aromatic rings. The predicted octanol–water partition coefficient (Wildman–Crippen LogP) is 1.90. The van der Waals surface area contributed by atoms with Crippen molar-refractivity contribution in [1.29, 1.82) is 0 Å². The molecule has 0 saturated carbocycles. The number of nitrogens with one attached hydrogen (secondary N) is 1. The molecular weight excluding hydrogens is 230 g/mol. The van der Waals surface area contributed by atoms with Gasteiger partial charge in [-0.1, -0.05) is 11.6 Å². The molecule has 86 valence electrons. The first-order valence-electron chi connectivity index (χ1n) is 4.58. The number of halogens is 1. The van der Waals surface area contributed by atoms with Crippen LogP contribution in [0.3, 0.4) is 0 Å². The molecule has 0 fully saturated rings. The Bertz CT molecular complexity index is 455. The fourth-order valence-electron chi connectivity index (χ4n) is 1.18. The van der Waals surface area contributed by atoms with Gasteiger partial charge in [0.15, 0.2) is 11.5 Å². The average Bonchev–Trinajstić information content (AvgIpc) is 2.28. The number of phenols is 2. The molecule has 0 aliphatic carbocycles. The number of hydrogen-bond acceptors (Lipinski definition) is 3. The Labute approximate surface area is 98.2 Å². The van der Waals surface area contributed by atoms with Crippen molar-refractivity contribution in [2.24, 2.45) is 0 Å². The monoisotopic (exact) mass is 241 g/mol. The molecule has 0 unspecified atom stereocenters. The highest BCUT2D eigenvalue weighted by Crippen LogP contribution is 2.36. The van der Waals surface area contributed by atoms with E-state index >= 15 is 0 Å². The van der Waals surface area contributed by atoms with E-state index in [0.717, 1.165) is 0 Å². The van der Waals surface area contributed by atoms with Crippen LogP contribution in [0.25, 0.3) is 6.08 Å². The number of amides is 1. The van der Waals surface area contributed by atoms with Crippen LogP contribution >= 0.6 is 11.6 Å². The third-order valence-electron chi connectivity index (χ3n) is 2.08. The fourth-order valence-corrected chi connectivity index (χ4v) is 1.39. The molecule has 0 aliphatic rings. The zero-order valence-corrected chi connectivity index (χ0v) is 9.67. The van der Waals surface area contributed by atoms with E-state index in [9.17, 15) is 15.0 Å². The highest BCUT2D eigenvalue weighted by atomic mass is 35.5. The molecule has 1 rings (SSSR count). The minimum absolute atomic E-state index is 0.0169. The van der Waals surface area contributed by atoms with Crippen LogP contribution in [0.5, 0.6) is 11.5 Å². The van der Waals surface area contributed by atoms with Crippen molar-refractivity contribution in [3.05, 3.63) is 28.3 Å². The first-order chi connectivity index (χ1) is 7.47. The number of phenolic OH excluding ortho intramolecular Hbond substituents is 2. The Hall–Kier alpha value is -1.68. The van der Waals surface area contributed by atoms with E-state index in [1.165, 1.54) is 25.3 Å². The lowest BCUT2D eigenvalue weighted by molar-refractivity contribution is -0.116. The lowest BCUT2D eigenvalue weighted by Gasteiger charge is -2.05. The second-order valence-corrected chi connectivity index (χ2v) is 3.62. The van der Waals surface area contributed by atoms with Gasteiger partial charge >= 0.3 is 0 Å². The summed E-state index contributed by atoms with van der Waals surface area (Å²) in [7, 11) is 1.52. The zero-order chi connectivity index (χ0) is 12.3. The predicted molar refractivity (Wildman–Crippen MR) is 62.5 cm³/mol. The van der Waals surface area contributed by atoms with E-state index in [1.54, 1.807) is 6.92 Å². The molecule has 0 atom stereocenters. The van der Waals surface area contributed by atoms with Gasteiger partial charge in [0.25, 0.3) is 0 Å². The number of aromatic hydroxyl groups is 2. The van der Waals surface area contributed by atoms with Crippen LogP contribution in [0.1, 0.15) is 12.5 Å². The van der Waals surface area contributed by atoms with Gasteiger partial charge in [0.05, 0.1) is 5.02 Å². The van der Waals surface area contributed by atoms with E-state index in [-0.39, 0.29) is 22.4 Å². The number of likely N-dealkylation sites (N-methyl/N-ethyl adjacent to an activating group) is 1. The lowest BCUT2D eigenvalue weighted by Crippen LogP contribution is -2.18. The lowest BCUT2D eigenvalue weighted by atomic mass is 10.1. The van der Waals surface area contributed by atoms with Gasteiger partial charge in [-0.25, -0.2) is 0 Å². The molecular formula is C11H12ClNO3. The standard InChI is InChI=1S/C11H12ClNO3/c1-6(11(16)13-2)5-7-3-4-8(14)10(15)9(7)12/h3-5,14-15H,1-2H3,(H,13,16)/b6-5+. The Kier molecular flexibility index (Phi) is 3.79. The summed E-state index contributed by atoms with van der Waals surface area (Å²) in [6.45, 7) is 1.62. The van der Waals surface area contributed by atoms with E-state index < -0.39 is 0 Å². The van der Waals surface area contributed by atoms with Crippen LogP contribution in [0, 0.1) is 0 Å². The van der Waals surface area contributed by atoms with Crippen LogP contribution < -0.4 is 5.32 Å². The summed E-state index contributed by atoms with van der Waals surface area (Å²) < 4.78 is 0. The maximum absolute atomic E-state index is 11.2. The van der Waals surface area contributed by atoms with Gasteiger partial charge in [-0.2, -0.15) is 0 Å². The van der Waals surface area contributed by atoms with Crippen LogP contribution in [-0.4, -0.2) is 23.2 Å². The Morgan fingerprint density at radius 1 is 1.44 bits per heavy atom. The quantitative estimate of drug-likeness (QED) is 0.547. The third-order valence-corrected chi connectivity index (χ3v) is 2.48. The molecule has 4 nitrogen and oxygen atoms in total. The van der Waals surface area contributed by atoms with Crippen molar-refractivity contribution in [3.8, 4) is 11.5 Å². The van der Waals surface area contributed by atoms with Gasteiger partial charge in [-0.15, -0.1) is 0 Å². The largest absolute Gasteiger partial charge is 0.504 e. The van der Waals surface area contributed by atoms with Gasteiger partial charge in [0.2, 0.25) is 5.91 Å². The highest BCUT2D eigenvalue weighted by molar-refractivity contribution is 6.33. The van der Waals surface area contributed by atoms with Gasteiger partial charge in [0.1, 0.15) is 0 Å². The first-order valence-corrected chi connectivity index (χ1v) is 4.96. The maximum Gasteiger partial charge on any atom is 0.246 e. The SMILES string of the molecule is CNC(=O)/C(C)=C/c1ccc(O)c(O)c1Cl. The highest BCUT2D eigenvalue weighted by Gasteiger charge is 2.09. The second kappa shape index (κ2) is 4.90. The molecule has 0 saturated heterocycles. The van der Waals surface area contributed by atoms with Crippen molar-refractivity contribution < 1.29 is 15.0 Å². The van der Waals surface area contributed by atoms with Crippen LogP contribution in [-0.2, 0) is 4.79 Å². The summed E-state index contributed by atoms with van der Waals surface area (Å²) >= 11 is 5.80. The Balaban J connectivity index is 3.16. The molecule has 1 aromatic carbocycles. The summed E-state index contributed by atoms with van der Waals surface area (Å²) in [6.07, 6.45) is 1.53. The zero-order valence-electron chi connectivity index (χ0n) is 8.91. The van der Waals surface area contributed by atoms with Gasteiger partial charge < -0.3 is 15.5 Å². The number of carbonyl (C=O) groups is 1. The topological polar surface area (TPSA) is 69.6 Å².